The van der Waals surface area contributed by atoms with Gasteiger partial charge in [0.25, 0.3) is 0 Å². The Hall–Kier alpha value is -0.940. The molecule has 1 saturated heterocycles. The van der Waals surface area contributed by atoms with E-state index in [0.717, 1.165) is 37.9 Å². The normalized spacial score (nSPS) is 22.4. The predicted octanol–water partition coefficient (Wildman–Crippen LogP) is 0.419. The van der Waals surface area contributed by atoms with Gasteiger partial charge in [0.2, 0.25) is 5.89 Å². The predicted molar refractivity (Wildman–Crippen MR) is 56.3 cm³/mol. The molecule has 0 aliphatic carbocycles. The SMILES string of the molecule is CNCC1CCN(Cc2noc(C)n2)C1. The van der Waals surface area contributed by atoms with Gasteiger partial charge in [-0.25, -0.2) is 0 Å². The molecule has 1 unspecified atom stereocenters. The minimum Gasteiger partial charge on any atom is -0.340 e. The first kappa shape index (κ1) is 10.6. The van der Waals surface area contributed by atoms with Gasteiger partial charge in [-0.05, 0) is 32.5 Å². The van der Waals surface area contributed by atoms with Crippen LogP contribution in [0.2, 0.25) is 0 Å². The maximum Gasteiger partial charge on any atom is 0.223 e. The van der Waals surface area contributed by atoms with E-state index in [1.807, 2.05) is 14.0 Å². The average molecular weight is 210 g/mol. The summed E-state index contributed by atoms with van der Waals surface area (Å²) in [6.45, 7) is 6.01. The first-order valence-corrected chi connectivity index (χ1v) is 5.44. The molecule has 1 atom stereocenters. The van der Waals surface area contributed by atoms with Gasteiger partial charge in [0, 0.05) is 13.5 Å². The van der Waals surface area contributed by atoms with Crippen LogP contribution >= 0.6 is 0 Å². The van der Waals surface area contributed by atoms with Crippen LogP contribution in [0.5, 0.6) is 0 Å². The molecule has 2 heterocycles. The molecule has 0 bridgehead atoms. The molecule has 1 aliphatic rings. The molecule has 1 aliphatic heterocycles. The van der Waals surface area contributed by atoms with Crippen molar-refractivity contribution in [2.75, 3.05) is 26.7 Å². The van der Waals surface area contributed by atoms with Crippen molar-refractivity contribution in [3.63, 3.8) is 0 Å². The molecule has 0 radical (unpaired) electrons. The Kier molecular flexibility index (Phi) is 3.33. The first-order chi connectivity index (χ1) is 7.28. The average Bonchev–Trinajstić information content (AvgIpc) is 2.78. The smallest absolute Gasteiger partial charge is 0.223 e. The fourth-order valence-electron chi connectivity index (χ4n) is 2.12. The number of aryl methyl sites for hydroxylation is 1. The minimum atomic E-state index is 0.649. The number of rotatable bonds is 4. The molecule has 0 amide bonds. The molecular weight excluding hydrogens is 192 g/mol. The number of likely N-dealkylation sites (tertiary alicyclic amines) is 1. The van der Waals surface area contributed by atoms with E-state index in [-0.39, 0.29) is 0 Å². The molecule has 2 rings (SSSR count). The molecule has 5 heteroatoms. The number of nitrogens with one attached hydrogen (secondary N) is 1. The topological polar surface area (TPSA) is 54.2 Å². The van der Waals surface area contributed by atoms with Crippen LogP contribution in [0.15, 0.2) is 4.52 Å². The van der Waals surface area contributed by atoms with E-state index in [0.29, 0.717) is 5.89 Å². The van der Waals surface area contributed by atoms with Gasteiger partial charge < -0.3 is 9.84 Å². The van der Waals surface area contributed by atoms with Crippen LogP contribution in [-0.2, 0) is 6.54 Å². The largest absolute Gasteiger partial charge is 0.340 e. The molecule has 1 fully saturated rings. The van der Waals surface area contributed by atoms with Crippen LogP contribution < -0.4 is 5.32 Å². The van der Waals surface area contributed by atoms with Gasteiger partial charge in [-0.1, -0.05) is 5.16 Å². The lowest BCUT2D eigenvalue weighted by molar-refractivity contribution is 0.298. The molecular formula is C10H18N4O. The van der Waals surface area contributed by atoms with E-state index in [9.17, 15) is 0 Å². The second kappa shape index (κ2) is 4.72. The van der Waals surface area contributed by atoms with Crippen LogP contribution in [0, 0.1) is 12.8 Å². The highest BCUT2D eigenvalue weighted by atomic mass is 16.5. The molecule has 0 spiro atoms. The van der Waals surface area contributed by atoms with Gasteiger partial charge in [-0.3, -0.25) is 4.90 Å². The standard InChI is InChI=1S/C10H18N4O/c1-8-12-10(13-15-8)7-14-4-3-9(6-14)5-11-2/h9,11H,3-7H2,1-2H3. The maximum absolute atomic E-state index is 4.95. The van der Waals surface area contributed by atoms with E-state index in [2.05, 4.69) is 20.4 Å². The van der Waals surface area contributed by atoms with E-state index < -0.39 is 0 Å². The summed E-state index contributed by atoms with van der Waals surface area (Å²) >= 11 is 0. The van der Waals surface area contributed by atoms with Crippen molar-refractivity contribution in [2.24, 2.45) is 5.92 Å². The maximum atomic E-state index is 4.95. The van der Waals surface area contributed by atoms with Gasteiger partial charge in [0.15, 0.2) is 5.82 Å². The Morgan fingerprint density at radius 1 is 1.60 bits per heavy atom. The third-order valence-corrected chi connectivity index (χ3v) is 2.80. The van der Waals surface area contributed by atoms with Crippen LogP contribution in [0.3, 0.4) is 0 Å². The summed E-state index contributed by atoms with van der Waals surface area (Å²) < 4.78 is 4.95. The number of hydrogen-bond acceptors (Lipinski definition) is 5. The van der Waals surface area contributed by atoms with Gasteiger partial charge >= 0.3 is 0 Å². The molecule has 15 heavy (non-hydrogen) atoms. The van der Waals surface area contributed by atoms with Crippen LogP contribution in [-0.4, -0.2) is 41.7 Å². The van der Waals surface area contributed by atoms with Crippen molar-refractivity contribution in [1.82, 2.24) is 20.4 Å². The quantitative estimate of drug-likeness (QED) is 0.780. The highest BCUT2D eigenvalue weighted by Gasteiger charge is 2.22. The first-order valence-electron chi connectivity index (χ1n) is 5.44. The molecule has 5 nitrogen and oxygen atoms in total. The molecule has 0 saturated carbocycles. The van der Waals surface area contributed by atoms with Crippen molar-refractivity contribution in [3.8, 4) is 0 Å². The van der Waals surface area contributed by atoms with Gasteiger partial charge in [-0.15, -0.1) is 0 Å². The number of nitrogens with zero attached hydrogens (tertiary/aromatic N) is 3. The number of aromatic nitrogens is 2. The summed E-state index contributed by atoms with van der Waals surface area (Å²) in [5, 5.41) is 7.13. The van der Waals surface area contributed by atoms with Crippen LogP contribution in [0.25, 0.3) is 0 Å². The third-order valence-electron chi connectivity index (χ3n) is 2.80. The summed E-state index contributed by atoms with van der Waals surface area (Å²) in [5.41, 5.74) is 0. The lowest BCUT2D eigenvalue weighted by atomic mass is 10.1. The Balaban J connectivity index is 1.82. The molecule has 84 valence electrons. The van der Waals surface area contributed by atoms with Crippen molar-refractivity contribution < 1.29 is 4.52 Å². The molecule has 1 N–H and O–H groups in total. The van der Waals surface area contributed by atoms with E-state index in [1.54, 1.807) is 0 Å². The van der Waals surface area contributed by atoms with Crippen LogP contribution in [0.4, 0.5) is 0 Å². The Morgan fingerprint density at radius 3 is 3.13 bits per heavy atom. The summed E-state index contributed by atoms with van der Waals surface area (Å²) in [4.78, 5) is 6.59. The van der Waals surface area contributed by atoms with E-state index >= 15 is 0 Å². The fraction of sp³-hybridized carbons (Fsp3) is 0.800. The summed E-state index contributed by atoms with van der Waals surface area (Å²) in [5.74, 6) is 2.22. The Bertz CT molecular complexity index is 312. The van der Waals surface area contributed by atoms with Gasteiger partial charge in [0.1, 0.15) is 0 Å². The lowest BCUT2D eigenvalue weighted by Crippen LogP contribution is -2.24. The molecule has 1 aromatic rings. The van der Waals surface area contributed by atoms with Crippen molar-refractivity contribution in [2.45, 2.75) is 19.9 Å². The zero-order chi connectivity index (χ0) is 10.7. The van der Waals surface area contributed by atoms with Crippen molar-refractivity contribution in [1.29, 1.82) is 0 Å². The lowest BCUT2D eigenvalue weighted by Gasteiger charge is -2.13. The van der Waals surface area contributed by atoms with Crippen LogP contribution in [0.1, 0.15) is 18.1 Å². The highest BCUT2D eigenvalue weighted by molar-refractivity contribution is 4.86. The summed E-state index contributed by atoms with van der Waals surface area (Å²) in [6, 6.07) is 0. The van der Waals surface area contributed by atoms with E-state index in [1.165, 1.54) is 6.42 Å². The Morgan fingerprint density at radius 2 is 2.47 bits per heavy atom. The zero-order valence-electron chi connectivity index (χ0n) is 9.36. The second-order valence-corrected chi connectivity index (χ2v) is 4.18. The summed E-state index contributed by atoms with van der Waals surface area (Å²) in [7, 11) is 2.01. The molecule has 1 aromatic heterocycles. The highest BCUT2D eigenvalue weighted by Crippen LogP contribution is 2.16. The monoisotopic (exact) mass is 210 g/mol. The molecule has 0 aromatic carbocycles. The van der Waals surface area contributed by atoms with E-state index in [4.69, 9.17) is 4.52 Å². The second-order valence-electron chi connectivity index (χ2n) is 4.18. The van der Waals surface area contributed by atoms with Gasteiger partial charge in [-0.2, -0.15) is 4.98 Å². The number of hydrogen-bond donors (Lipinski definition) is 1. The van der Waals surface area contributed by atoms with Gasteiger partial charge in [0.05, 0.1) is 6.54 Å². The fourth-order valence-corrected chi connectivity index (χ4v) is 2.12. The third kappa shape index (κ3) is 2.76. The minimum absolute atomic E-state index is 0.649. The zero-order valence-corrected chi connectivity index (χ0v) is 9.36. The van der Waals surface area contributed by atoms with Crippen molar-refractivity contribution in [3.05, 3.63) is 11.7 Å². The van der Waals surface area contributed by atoms with Crippen molar-refractivity contribution >= 4 is 0 Å². The summed E-state index contributed by atoms with van der Waals surface area (Å²) in [6.07, 6.45) is 1.26. The Labute approximate surface area is 89.8 Å².